The summed E-state index contributed by atoms with van der Waals surface area (Å²) in [5, 5.41) is 9.18. The number of ether oxygens (including phenoxy) is 1. The van der Waals surface area contributed by atoms with E-state index in [0.29, 0.717) is 13.1 Å². The highest BCUT2D eigenvalue weighted by molar-refractivity contribution is 5.79. The molecule has 0 aromatic rings. The Labute approximate surface area is 140 Å². The molecule has 1 amide bonds. The highest BCUT2D eigenvalue weighted by atomic mass is 16.6. The molecule has 1 rings (SSSR count). The Balaban J connectivity index is 2.08. The van der Waals surface area contributed by atoms with E-state index in [2.05, 4.69) is 25.8 Å². The third kappa shape index (κ3) is 9.99. The molecule has 1 fully saturated rings. The van der Waals surface area contributed by atoms with Gasteiger partial charge in [0, 0.05) is 33.2 Å². The van der Waals surface area contributed by atoms with Crippen molar-refractivity contribution in [1.82, 2.24) is 20.9 Å². The normalized spacial score (nSPS) is 16.8. The molecule has 0 spiro atoms. The van der Waals surface area contributed by atoms with Gasteiger partial charge in [-0.05, 0) is 46.7 Å². The van der Waals surface area contributed by atoms with Crippen molar-refractivity contribution in [3.63, 3.8) is 0 Å². The van der Waals surface area contributed by atoms with E-state index in [0.717, 1.165) is 19.0 Å². The number of nitrogens with one attached hydrogen (secondary N) is 3. The molecule has 1 aliphatic rings. The standard InChI is InChI=1S/C16H33N5O2/c1-16(2,3)23-15(22)20-9-8-18-14(17-4)19-10-13-21-11-6-5-7-12-21/h5-13H2,1-4H3,(H,20,22)(H2,17,18,19). The Morgan fingerprint density at radius 2 is 1.65 bits per heavy atom. The van der Waals surface area contributed by atoms with Gasteiger partial charge in [-0.1, -0.05) is 6.42 Å². The average Bonchev–Trinajstić information content (AvgIpc) is 2.49. The first-order valence-corrected chi connectivity index (χ1v) is 8.54. The minimum atomic E-state index is -0.469. The number of piperidine rings is 1. The number of aliphatic imine (C=N–C) groups is 1. The van der Waals surface area contributed by atoms with Crippen LogP contribution in [-0.4, -0.2) is 68.9 Å². The second-order valence-electron chi connectivity index (χ2n) is 6.76. The average molecular weight is 327 g/mol. The molecule has 134 valence electrons. The molecule has 1 heterocycles. The zero-order valence-corrected chi connectivity index (χ0v) is 15.1. The van der Waals surface area contributed by atoms with E-state index in [9.17, 15) is 4.79 Å². The van der Waals surface area contributed by atoms with E-state index in [1.165, 1.54) is 32.4 Å². The van der Waals surface area contributed by atoms with E-state index in [-0.39, 0.29) is 0 Å². The van der Waals surface area contributed by atoms with Crippen LogP contribution in [0.15, 0.2) is 4.99 Å². The molecule has 0 atom stereocenters. The molecule has 1 aliphatic heterocycles. The van der Waals surface area contributed by atoms with Crippen LogP contribution in [0.25, 0.3) is 0 Å². The lowest BCUT2D eigenvalue weighted by Gasteiger charge is -2.26. The number of carbonyl (C=O) groups is 1. The van der Waals surface area contributed by atoms with Crippen molar-refractivity contribution in [1.29, 1.82) is 0 Å². The summed E-state index contributed by atoms with van der Waals surface area (Å²) in [6, 6.07) is 0. The minimum Gasteiger partial charge on any atom is -0.444 e. The molecule has 0 bridgehead atoms. The van der Waals surface area contributed by atoms with Gasteiger partial charge >= 0.3 is 6.09 Å². The number of rotatable bonds is 6. The number of hydrogen-bond acceptors (Lipinski definition) is 4. The van der Waals surface area contributed by atoms with Crippen LogP contribution >= 0.6 is 0 Å². The number of guanidine groups is 1. The summed E-state index contributed by atoms with van der Waals surface area (Å²) in [6.45, 7) is 10.9. The van der Waals surface area contributed by atoms with E-state index in [1.54, 1.807) is 7.05 Å². The summed E-state index contributed by atoms with van der Waals surface area (Å²) in [5.74, 6) is 0.757. The van der Waals surface area contributed by atoms with E-state index < -0.39 is 11.7 Å². The van der Waals surface area contributed by atoms with Gasteiger partial charge in [-0.2, -0.15) is 0 Å². The maximum Gasteiger partial charge on any atom is 0.407 e. The van der Waals surface area contributed by atoms with Gasteiger partial charge in [-0.15, -0.1) is 0 Å². The third-order valence-electron chi connectivity index (χ3n) is 3.48. The van der Waals surface area contributed by atoms with Crippen molar-refractivity contribution in [2.45, 2.75) is 45.6 Å². The quantitative estimate of drug-likeness (QED) is 0.388. The maximum atomic E-state index is 11.5. The number of likely N-dealkylation sites (tertiary alicyclic amines) is 1. The summed E-state index contributed by atoms with van der Waals surface area (Å²) in [4.78, 5) is 18.2. The fourth-order valence-electron chi connectivity index (χ4n) is 2.40. The highest BCUT2D eigenvalue weighted by Gasteiger charge is 2.15. The number of hydrogen-bond donors (Lipinski definition) is 3. The lowest BCUT2D eigenvalue weighted by atomic mass is 10.1. The molecule has 7 heteroatoms. The lowest BCUT2D eigenvalue weighted by Crippen LogP contribution is -2.45. The molecule has 0 saturated carbocycles. The van der Waals surface area contributed by atoms with Gasteiger partial charge in [0.1, 0.15) is 5.60 Å². The Morgan fingerprint density at radius 1 is 1.04 bits per heavy atom. The molecule has 0 aromatic carbocycles. The summed E-state index contributed by atoms with van der Waals surface area (Å²) in [6.07, 6.45) is 3.58. The van der Waals surface area contributed by atoms with Gasteiger partial charge in [-0.3, -0.25) is 4.99 Å². The predicted octanol–water partition coefficient (Wildman–Crippen LogP) is 1.16. The number of alkyl carbamates (subject to hydrolysis) is 1. The maximum absolute atomic E-state index is 11.5. The molecular weight excluding hydrogens is 294 g/mol. The summed E-state index contributed by atoms with van der Waals surface area (Å²) in [7, 11) is 1.75. The molecule has 0 unspecified atom stereocenters. The summed E-state index contributed by atoms with van der Waals surface area (Å²) < 4.78 is 5.17. The third-order valence-corrected chi connectivity index (χ3v) is 3.48. The first kappa shape index (κ1) is 19.5. The molecule has 0 aromatic heterocycles. The second kappa shape index (κ2) is 10.3. The van der Waals surface area contributed by atoms with Crippen LogP contribution in [-0.2, 0) is 4.74 Å². The summed E-state index contributed by atoms with van der Waals surface area (Å²) >= 11 is 0. The molecule has 0 aliphatic carbocycles. The Kier molecular flexibility index (Phi) is 8.76. The monoisotopic (exact) mass is 327 g/mol. The molecule has 7 nitrogen and oxygen atoms in total. The van der Waals surface area contributed by atoms with Crippen LogP contribution in [0.1, 0.15) is 40.0 Å². The largest absolute Gasteiger partial charge is 0.444 e. The lowest BCUT2D eigenvalue weighted by molar-refractivity contribution is 0.0529. The Bertz CT molecular complexity index is 373. The van der Waals surface area contributed by atoms with Gasteiger partial charge in [-0.25, -0.2) is 4.79 Å². The number of carbonyl (C=O) groups excluding carboxylic acids is 1. The van der Waals surface area contributed by atoms with Crippen molar-refractivity contribution < 1.29 is 9.53 Å². The fraction of sp³-hybridized carbons (Fsp3) is 0.875. The first-order valence-electron chi connectivity index (χ1n) is 8.54. The number of nitrogens with zero attached hydrogens (tertiary/aromatic N) is 2. The van der Waals surface area contributed by atoms with Crippen molar-refractivity contribution in [3.05, 3.63) is 0 Å². The van der Waals surface area contributed by atoms with Gasteiger partial charge in [0.25, 0.3) is 0 Å². The van der Waals surface area contributed by atoms with Crippen molar-refractivity contribution in [2.24, 2.45) is 4.99 Å². The van der Waals surface area contributed by atoms with Crippen molar-refractivity contribution >= 4 is 12.1 Å². The van der Waals surface area contributed by atoms with Crippen LogP contribution in [0.2, 0.25) is 0 Å². The Morgan fingerprint density at radius 3 is 2.26 bits per heavy atom. The van der Waals surface area contributed by atoms with E-state index >= 15 is 0 Å². The fourth-order valence-corrected chi connectivity index (χ4v) is 2.40. The number of amides is 1. The van der Waals surface area contributed by atoms with E-state index in [1.807, 2.05) is 20.8 Å². The van der Waals surface area contributed by atoms with Gasteiger partial charge < -0.3 is 25.6 Å². The minimum absolute atomic E-state index is 0.396. The Hall–Kier alpha value is -1.50. The van der Waals surface area contributed by atoms with Crippen LogP contribution in [0, 0.1) is 0 Å². The first-order chi connectivity index (χ1) is 10.9. The topological polar surface area (TPSA) is 78.0 Å². The van der Waals surface area contributed by atoms with Crippen molar-refractivity contribution in [2.75, 3.05) is 46.3 Å². The van der Waals surface area contributed by atoms with Crippen LogP contribution in [0.3, 0.4) is 0 Å². The van der Waals surface area contributed by atoms with Gasteiger partial charge in [0.05, 0.1) is 0 Å². The van der Waals surface area contributed by atoms with Gasteiger partial charge in [0.2, 0.25) is 0 Å². The second-order valence-corrected chi connectivity index (χ2v) is 6.76. The highest BCUT2D eigenvalue weighted by Crippen LogP contribution is 2.07. The summed E-state index contributed by atoms with van der Waals surface area (Å²) in [5.41, 5.74) is -0.469. The van der Waals surface area contributed by atoms with Crippen LogP contribution < -0.4 is 16.0 Å². The smallest absolute Gasteiger partial charge is 0.407 e. The SMILES string of the molecule is CN=C(NCCNC(=O)OC(C)(C)C)NCCN1CCCCC1. The van der Waals surface area contributed by atoms with Gasteiger partial charge in [0.15, 0.2) is 5.96 Å². The molecular formula is C16H33N5O2. The van der Waals surface area contributed by atoms with Crippen LogP contribution in [0.5, 0.6) is 0 Å². The molecule has 23 heavy (non-hydrogen) atoms. The zero-order valence-electron chi connectivity index (χ0n) is 15.1. The van der Waals surface area contributed by atoms with E-state index in [4.69, 9.17) is 4.74 Å². The molecule has 1 saturated heterocycles. The predicted molar refractivity (Wildman–Crippen MR) is 93.9 cm³/mol. The van der Waals surface area contributed by atoms with Crippen LogP contribution in [0.4, 0.5) is 4.79 Å². The van der Waals surface area contributed by atoms with Crippen molar-refractivity contribution in [3.8, 4) is 0 Å². The molecule has 0 radical (unpaired) electrons. The molecule has 3 N–H and O–H groups in total. The zero-order chi connectivity index (χ0) is 17.1.